The summed E-state index contributed by atoms with van der Waals surface area (Å²) in [7, 11) is -3.53. The highest BCUT2D eigenvalue weighted by Crippen LogP contribution is 2.36. The molecule has 176 valence electrons. The van der Waals surface area contributed by atoms with E-state index in [1.807, 2.05) is 6.07 Å². The molecule has 34 heavy (non-hydrogen) atoms. The average Bonchev–Trinajstić information content (AvgIpc) is 3.12. The number of aryl methyl sites for hydroxylation is 1. The number of rotatable bonds is 5. The molecule has 4 rings (SSSR count). The van der Waals surface area contributed by atoms with Gasteiger partial charge in [-0.3, -0.25) is 9.78 Å². The summed E-state index contributed by atoms with van der Waals surface area (Å²) in [6, 6.07) is 9.17. The van der Waals surface area contributed by atoms with Crippen LogP contribution in [0, 0.1) is 18.3 Å². The summed E-state index contributed by atoms with van der Waals surface area (Å²) in [4.78, 5) is 19.6. The Labute approximate surface area is 203 Å². The number of sulfone groups is 1. The Hall–Kier alpha value is -3.07. The molecule has 1 aliphatic heterocycles. The number of nitrogens with zero attached hydrogens (tertiary/aromatic N) is 3. The van der Waals surface area contributed by atoms with E-state index in [9.17, 15) is 27.3 Å². The molecule has 12 heteroatoms. The van der Waals surface area contributed by atoms with Gasteiger partial charge in [-0.2, -0.15) is 5.26 Å². The molecule has 1 fully saturated rings. The van der Waals surface area contributed by atoms with Crippen LogP contribution < -0.4 is 10.2 Å². The summed E-state index contributed by atoms with van der Waals surface area (Å²) in [6.07, 6.45) is 2.47. The standard InChI is InChI=1S/C22H17ClF2N4O3S2/c1-12-18(20-13(8-26)3-16(9-27-20)29-10-22(24,25)11-29)7-19(33-12)21(30)28-15-4-14(23)5-17(6-15)34(2,31)32/h3-7,9H,10-11H2,1-2H3,(H,28,30). The van der Waals surface area contributed by atoms with Gasteiger partial charge in [-0.15, -0.1) is 11.3 Å². The number of carbonyl (C=O) groups excluding carboxylic acids is 1. The van der Waals surface area contributed by atoms with Crippen LogP contribution in [0.15, 0.2) is 41.4 Å². The number of pyridine rings is 1. The molecule has 0 unspecified atom stereocenters. The first kappa shape index (κ1) is 24.1. The monoisotopic (exact) mass is 522 g/mol. The number of nitrogens with one attached hydrogen (secondary N) is 1. The van der Waals surface area contributed by atoms with Crippen molar-refractivity contribution in [1.82, 2.24) is 4.98 Å². The maximum absolute atomic E-state index is 13.2. The van der Waals surface area contributed by atoms with Gasteiger partial charge in [0.05, 0.1) is 46.0 Å². The summed E-state index contributed by atoms with van der Waals surface area (Å²) in [5.41, 5.74) is 1.76. The van der Waals surface area contributed by atoms with Crippen molar-refractivity contribution in [2.45, 2.75) is 17.7 Å². The normalized spacial score (nSPS) is 14.9. The Morgan fingerprint density at radius 2 is 1.97 bits per heavy atom. The Bertz CT molecular complexity index is 1460. The van der Waals surface area contributed by atoms with E-state index in [4.69, 9.17) is 11.6 Å². The van der Waals surface area contributed by atoms with Crippen molar-refractivity contribution in [2.24, 2.45) is 0 Å². The fourth-order valence-corrected chi connectivity index (χ4v) is 5.39. The van der Waals surface area contributed by atoms with Gasteiger partial charge in [0.1, 0.15) is 6.07 Å². The van der Waals surface area contributed by atoms with Crippen molar-refractivity contribution in [2.75, 3.05) is 29.6 Å². The van der Waals surface area contributed by atoms with Gasteiger partial charge >= 0.3 is 0 Å². The van der Waals surface area contributed by atoms with Gasteiger partial charge in [0, 0.05) is 27.4 Å². The highest BCUT2D eigenvalue weighted by Gasteiger charge is 2.44. The molecular weight excluding hydrogens is 506 g/mol. The van der Waals surface area contributed by atoms with Gasteiger partial charge in [0.25, 0.3) is 11.8 Å². The van der Waals surface area contributed by atoms with Gasteiger partial charge in [-0.1, -0.05) is 11.6 Å². The summed E-state index contributed by atoms with van der Waals surface area (Å²) in [6.45, 7) is 0.918. The molecular formula is C22H17ClF2N4O3S2. The Morgan fingerprint density at radius 3 is 2.59 bits per heavy atom. The lowest BCUT2D eigenvalue weighted by atomic mass is 10.0. The van der Waals surface area contributed by atoms with Gasteiger partial charge in [0.15, 0.2) is 9.84 Å². The van der Waals surface area contributed by atoms with Gasteiger partial charge in [-0.05, 0) is 37.3 Å². The summed E-state index contributed by atoms with van der Waals surface area (Å²) in [5.74, 6) is -3.23. The van der Waals surface area contributed by atoms with Crippen LogP contribution in [-0.4, -0.2) is 44.6 Å². The molecule has 1 aromatic carbocycles. The summed E-state index contributed by atoms with van der Waals surface area (Å²) in [5, 5.41) is 12.4. The first-order chi connectivity index (χ1) is 15.9. The molecule has 1 saturated heterocycles. The first-order valence-corrected chi connectivity index (χ1v) is 12.9. The number of halogens is 3. The van der Waals surface area contributed by atoms with E-state index in [1.165, 1.54) is 46.7 Å². The van der Waals surface area contributed by atoms with E-state index in [-0.39, 0.29) is 21.2 Å². The molecule has 0 radical (unpaired) electrons. The van der Waals surface area contributed by atoms with Crippen molar-refractivity contribution in [3.05, 3.63) is 56.9 Å². The largest absolute Gasteiger partial charge is 0.358 e. The van der Waals surface area contributed by atoms with E-state index in [2.05, 4.69) is 10.3 Å². The number of aromatic nitrogens is 1. The zero-order valence-corrected chi connectivity index (χ0v) is 20.3. The number of nitriles is 1. The Kier molecular flexibility index (Phi) is 6.10. The molecule has 0 aliphatic carbocycles. The Balaban J connectivity index is 1.60. The van der Waals surface area contributed by atoms with E-state index < -0.39 is 34.8 Å². The molecule has 1 amide bonds. The number of thiophene rings is 1. The molecule has 7 nitrogen and oxygen atoms in total. The minimum Gasteiger partial charge on any atom is -0.358 e. The second-order valence-electron chi connectivity index (χ2n) is 7.90. The number of amides is 1. The molecule has 3 aromatic rings. The first-order valence-electron chi connectivity index (χ1n) is 9.82. The van der Waals surface area contributed by atoms with Crippen LogP contribution in [0.3, 0.4) is 0 Å². The molecule has 2 aromatic heterocycles. The van der Waals surface area contributed by atoms with E-state index in [0.29, 0.717) is 21.8 Å². The predicted molar refractivity (Wildman–Crippen MR) is 127 cm³/mol. The summed E-state index contributed by atoms with van der Waals surface area (Å²) >= 11 is 7.17. The second-order valence-corrected chi connectivity index (χ2v) is 11.6. The van der Waals surface area contributed by atoms with E-state index >= 15 is 0 Å². The number of hydrogen-bond acceptors (Lipinski definition) is 7. The van der Waals surface area contributed by atoms with Crippen LogP contribution in [0.1, 0.15) is 20.1 Å². The number of benzene rings is 1. The average molecular weight is 523 g/mol. The van der Waals surface area contributed by atoms with Gasteiger partial charge in [0.2, 0.25) is 0 Å². The van der Waals surface area contributed by atoms with Gasteiger partial charge in [-0.25, -0.2) is 17.2 Å². The minimum absolute atomic E-state index is 0.0266. The predicted octanol–water partition coefficient (Wildman–Crippen LogP) is 4.75. The fraction of sp³-hybridized carbons (Fsp3) is 0.227. The maximum atomic E-state index is 13.2. The molecule has 0 spiro atoms. The lowest BCUT2D eigenvalue weighted by Gasteiger charge is -2.40. The molecule has 0 atom stereocenters. The van der Waals surface area contributed by atoms with E-state index in [0.717, 1.165) is 11.1 Å². The van der Waals surface area contributed by atoms with E-state index in [1.54, 1.807) is 13.0 Å². The minimum atomic E-state index is -3.53. The molecule has 0 saturated carbocycles. The van der Waals surface area contributed by atoms with Gasteiger partial charge < -0.3 is 10.2 Å². The highest BCUT2D eigenvalue weighted by atomic mass is 35.5. The number of anilines is 2. The van der Waals surface area contributed by atoms with Crippen molar-refractivity contribution in [1.29, 1.82) is 5.26 Å². The number of hydrogen-bond donors (Lipinski definition) is 1. The quantitative estimate of drug-likeness (QED) is 0.518. The maximum Gasteiger partial charge on any atom is 0.282 e. The van der Waals surface area contributed by atoms with Crippen LogP contribution in [0.5, 0.6) is 0 Å². The van der Waals surface area contributed by atoms with Crippen molar-refractivity contribution < 1.29 is 22.0 Å². The molecule has 1 aliphatic rings. The highest BCUT2D eigenvalue weighted by molar-refractivity contribution is 7.90. The molecule has 3 heterocycles. The number of alkyl halides is 2. The van der Waals surface area contributed by atoms with Crippen LogP contribution in [0.4, 0.5) is 20.2 Å². The van der Waals surface area contributed by atoms with Crippen LogP contribution >= 0.6 is 22.9 Å². The lowest BCUT2D eigenvalue weighted by molar-refractivity contribution is -0.0262. The third-order valence-electron chi connectivity index (χ3n) is 5.16. The molecule has 1 N–H and O–H groups in total. The lowest BCUT2D eigenvalue weighted by Crippen LogP contribution is -2.56. The Morgan fingerprint density at radius 1 is 1.26 bits per heavy atom. The third kappa shape index (κ3) is 4.89. The van der Waals surface area contributed by atoms with Crippen molar-refractivity contribution in [3.63, 3.8) is 0 Å². The van der Waals surface area contributed by atoms with Crippen LogP contribution in [0.2, 0.25) is 5.02 Å². The van der Waals surface area contributed by atoms with Crippen molar-refractivity contribution in [3.8, 4) is 17.3 Å². The zero-order valence-electron chi connectivity index (χ0n) is 17.9. The van der Waals surface area contributed by atoms with Crippen LogP contribution in [-0.2, 0) is 9.84 Å². The SMILES string of the molecule is Cc1sc(C(=O)Nc2cc(Cl)cc(S(C)(=O)=O)c2)cc1-c1ncc(N2CC(F)(F)C2)cc1C#N. The fourth-order valence-electron chi connectivity index (χ4n) is 3.49. The van der Waals surface area contributed by atoms with Crippen LogP contribution in [0.25, 0.3) is 11.3 Å². The second kappa shape index (κ2) is 8.61. The number of carbonyl (C=O) groups is 1. The van der Waals surface area contributed by atoms with Crippen molar-refractivity contribution >= 4 is 50.1 Å². The zero-order chi connectivity index (χ0) is 24.8. The third-order valence-corrected chi connectivity index (χ3v) is 7.52. The topological polar surface area (TPSA) is 103 Å². The summed E-state index contributed by atoms with van der Waals surface area (Å²) < 4.78 is 50.1. The molecule has 0 bridgehead atoms. The smallest absolute Gasteiger partial charge is 0.282 e.